The molecule has 1 fully saturated rings. The second kappa shape index (κ2) is 6.17. The van der Waals surface area contributed by atoms with E-state index in [1.165, 1.54) is 24.8 Å². The van der Waals surface area contributed by atoms with E-state index in [1.807, 2.05) is 0 Å². The average Bonchev–Trinajstić information content (AvgIpc) is 2.94. The number of hydrogen-bond donors (Lipinski definition) is 0. The molecule has 76 valence electrons. The van der Waals surface area contributed by atoms with Crippen molar-refractivity contribution in [3.63, 3.8) is 0 Å². The predicted octanol–water partition coefficient (Wildman–Crippen LogP) is 2.54. The van der Waals surface area contributed by atoms with Gasteiger partial charge in [0, 0.05) is 0 Å². The number of hydrogen-bond acceptors (Lipinski definition) is 2. The number of rotatable bonds is 7. The normalized spacial score (nSPS) is 22.0. The van der Waals surface area contributed by atoms with Crippen molar-refractivity contribution in [1.29, 1.82) is 0 Å². The molecule has 0 saturated carbocycles. The Balaban J connectivity index is 2.01. The van der Waals surface area contributed by atoms with Crippen LogP contribution in [-0.4, -0.2) is 25.9 Å². The monoisotopic (exact) mass is 184 g/mol. The molecular formula is C11H20O2. The minimum atomic E-state index is 0.393. The first-order chi connectivity index (χ1) is 6.36. The van der Waals surface area contributed by atoms with Crippen LogP contribution in [0.3, 0.4) is 0 Å². The molecule has 0 aromatic heterocycles. The van der Waals surface area contributed by atoms with E-state index in [0.29, 0.717) is 6.10 Å². The van der Waals surface area contributed by atoms with Gasteiger partial charge < -0.3 is 9.47 Å². The lowest BCUT2D eigenvalue weighted by molar-refractivity contribution is 0.133. The maximum Gasteiger partial charge on any atom is 0.104 e. The molecule has 0 aromatic carbocycles. The molecule has 0 aliphatic carbocycles. The first kappa shape index (κ1) is 10.7. The summed E-state index contributed by atoms with van der Waals surface area (Å²) in [6, 6.07) is 0. The molecule has 0 spiro atoms. The lowest BCUT2D eigenvalue weighted by Gasteiger charge is -2.06. The van der Waals surface area contributed by atoms with Gasteiger partial charge in [-0.2, -0.15) is 0 Å². The molecule has 1 aliphatic rings. The molecule has 0 radical (unpaired) electrons. The first-order valence-electron chi connectivity index (χ1n) is 5.20. The lowest BCUT2D eigenvalue weighted by Crippen LogP contribution is -2.04. The van der Waals surface area contributed by atoms with Crippen LogP contribution < -0.4 is 0 Å². The summed E-state index contributed by atoms with van der Waals surface area (Å²) in [6.45, 7) is 6.74. The average molecular weight is 184 g/mol. The fourth-order valence-corrected chi connectivity index (χ4v) is 1.19. The van der Waals surface area contributed by atoms with Gasteiger partial charge in [0.1, 0.15) is 6.10 Å². The molecule has 0 bridgehead atoms. The Kier molecular flexibility index (Phi) is 5.09. The molecule has 1 aliphatic heterocycles. The summed E-state index contributed by atoms with van der Waals surface area (Å²) in [5, 5.41) is 0. The van der Waals surface area contributed by atoms with E-state index in [2.05, 4.69) is 19.9 Å². The summed E-state index contributed by atoms with van der Waals surface area (Å²) < 4.78 is 10.6. The van der Waals surface area contributed by atoms with Crippen LogP contribution in [0.1, 0.15) is 33.1 Å². The molecule has 0 aromatic rings. The molecule has 1 unspecified atom stereocenters. The van der Waals surface area contributed by atoms with Gasteiger partial charge in [-0.15, -0.1) is 0 Å². The smallest absolute Gasteiger partial charge is 0.104 e. The zero-order chi connectivity index (χ0) is 9.52. The molecule has 1 rings (SSSR count). The number of allylic oxidation sites excluding steroid dienone is 1. The minimum Gasteiger partial charge on any atom is -0.374 e. The van der Waals surface area contributed by atoms with Crippen molar-refractivity contribution in [1.82, 2.24) is 0 Å². The Bertz CT molecular complexity index is 159. The summed E-state index contributed by atoms with van der Waals surface area (Å²) in [6.07, 6.45) is 6.26. The van der Waals surface area contributed by atoms with Gasteiger partial charge in [-0.25, -0.2) is 0 Å². The Morgan fingerprint density at radius 1 is 1.62 bits per heavy atom. The van der Waals surface area contributed by atoms with Crippen molar-refractivity contribution in [2.45, 2.75) is 39.2 Å². The van der Waals surface area contributed by atoms with Gasteiger partial charge in [-0.1, -0.05) is 19.4 Å². The zero-order valence-electron chi connectivity index (χ0n) is 8.71. The fraction of sp³-hybridized carbons (Fsp3) is 0.818. The summed E-state index contributed by atoms with van der Waals surface area (Å²) >= 11 is 0. The second-order valence-electron chi connectivity index (χ2n) is 3.52. The minimum absolute atomic E-state index is 0.393. The van der Waals surface area contributed by atoms with E-state index in [4.69, 9.17) is 9.47 Å². The molecule has 2 heteroatoms. The lowest BCUT2D eigenvalue weighted by atomic mass is 10.1. The van der Waals surface area contributed by atoms with Gasteiger partial charge >= 0.3 is 0 Å². The van der Waals surface area contributed by atoms with Crippen molar-refractivity contribution < 1.29 is 9.47 Å². The van der Waals surface area contributed by atoms with E-state index >= 15 is 0 Å². The molecule has 13 heavy (non-hydrogen) atoms. The number of ether oxygens (including phenoxy) is 2. The molecule has 1 heterocycles. The summed E-state index contributed by atoms with van der Waals surface area (Å²) in [5.41, 5.74) is 1.42. The van der Waals surface area contributed by atoms with Crippen LogP contribution in [0.2, 0.25) is 0 Å². The molecule has 0 amide bonds. The highest BCUT2D eigenvalue weighted by Crippen LogP contribution is 2.11. The first-order valence-corrected chi connectivity index (χ1v) is 5.20. The molecular weight excluding hydrogens is 164 g/mol. The fourth-order valence-electron chi connectivity index (χ4n) is 1.19. The van der Waals surface area contributed by atoms with E-state index in [1.54, 1.807) is 0 Å². The quantitative estimate of drug-likeness (QED) is 0.448. The molecule has 0 N–H and O–H groups in total. The Hall–Kier alpha value is -0.340. The highest BCUT2D eigenvalue weighted by Gasteiger charge is 2.22. The van der Waals surface area contributed by atoms with E-state index in [-0.39, 0.29) is 0 Å². The van der Waals surface area contributed by atoms with Crippen LogP contribution in [-0.2, 0) is 9.47 Å². The van der Waals surface area contributed by atoms with Crippen LogP contribution in [0.25, 0.3) is 0 Å². The second-order valence-corrected chi connectivity index (χ2v) is 3.52. The van der Waals surface area contributed by atoms with Crippen molar-refractivity contribution >= 4 is 0 Å². The third-order valence-corrected chi connectivity index (χ3v) is 2.25. The van der Waals surface area contributed by atoms with Crippen LogP contribution in [0.5, 0.6) is 0 Å². The van der Waals surface area contributed by atoms with Crippen molar-refractivity contribution in [3.05, 3.63) is 11.6 Å². The Morgan fingerprint density at radius 2 is 2.38 bits per heavy atom. The Morgan fingerprint density at radius 3 is 2.92 bits per heavy atom. The van der Waals surface area contributed by atoms with E-state index < -0.39 is 0 Å². The third-order valence-electron chi connectivity index (χ3n) is 2.25. The molecule has 1 saturated heterocycles. The van der Waals surface area contributed by atoms with Crippen LogP contribution in [0, 0.1) is 0 Å². The van der Waals surface area contributed by atoms with Gasteiger partial charge in [0.15, 0.2) is 0 Å². The van der Waals surface area contributed by atoms with Crippen LogP contribution in [0.15, 0.2) is 11.6 Å². The standard InChI is InChI=1S/C11H20O2/c1-3-5-6-10(4-2)7-12-8-11-9-13-11/h4,11H,3,5-9H2,1-2H3. The number of unbranched alkanes of at least 4 members (excludes halogenated alkanes) is 1. The van der Waals surface area contributed by atoms with Gasteiger partial charge in [0.05, 0.1) is 19.8 Å². The topological polar surface area (TPSA) is 21.8 Å². The van der Waals surface area contributed by atoms with Crippen molar-refractivity contribution in [3.8, 4) is 0 Å². The summed E-state index contributed by atoms with van der Waals surface area (Å²) in [7, 11) is 0. The largest absolute Gasteiger partial charge is 0.374 e. The van der Waals surface area contributed by atoms with Gasteiger partial charge in [-0.3, -0.25) is 0 Å². The van der Waals surface area contributed by atoms with Crippen molar-refractivity contribution in [2.24, 2.45) is 0 Å². The van der Waals surface area contributed by atoms with E-state index in [0.717, 1.165) is 19.8 Å². The molecule has 1 atom stereocenters. The van der Waals surface area contributed by atoms with Crippen LogP contribution >= 0.6 is 0 Å². The Labute approximate surface area is 80.9 Å². The van der Waals surface area contributed by atoms with Crippen LogP contribution in [0.4, 0.5) is 0 Å². The van der Waals surface area contributed by atoms with Crippen molar-refractivity contribution in [2.75, 3.05) is 19.8 Å². The zero-order valence-corrected chi connectivity index (χ0v) is 8.71. The maximum absolute atomic E-state index is 5.51. The maximum atomic E-state index is 5.51. The van der Waals surface area contributed by atoms with Gasteiger partial charge in [0.2, 0.25) is 0 Å². The third kappa shape index (κ3) is 5.06. The number of epoxide rings is 1. The molecule has 2 nitrogen and oxygen atoms in total. The van der Waals surface area contributed by atoms with E-state index in [9.17, 15) is 0 Å². The van der Waals surface area contributed by atoms with Gasteiger partial charge in [-0.05, 0) is 25.3 Å². The SMILES string of the molecule is CC=C(CCCC)COCC1CO1. The highest BCUT2D eigenvalue weighted by atomic mass is 16.6. The summed E-state index contributed by atoms with van der Waals surface area (Å²) in [5.74, 6) is 0. The summed E-state index contributed by atoms with van der Waals surface area (Å²) in [4.78, 5) is 0. The highest BCUT2D eigenvalue weighted by molar-refractivity contribution is 5.00. The predicted molar refractivity (Wildman–Crippen MR) is 53.8 cm³/mol. The van der Waals surface area contributed by atoms with Gasteiger partial charge in [0.25, 0.3) is 0 Å².